The highest BCUT2D eigenvalue weighted by Crippen LogP contribution is 2.35. The molecular formula is C19H18F3N3O4S2. The summed E-state index contributed by atoms with van der Waals surface area (Å²) in [5.74, 6) is -1.71. The topological polar surface area (TPSA) is 92.5 Å². The zero-order valence-electron chi connectivity index (χ0n) is 16.4. The van der Waals surface area contributed by atoms with Gasteiger partial charge in [0.15, 0.2) is 0 Å². The van der Waals surface area contributed by atoms with Crippen LogP contribution in [0.15, 0.2) is 57.3 Å². The number of amides is 1. The molecule has 0 aliphatic heterocycles. The van der Waals surface area contributed by atoms with Crippen molar-refractivity contribution in [1.29, 1.82) is 0 Å². The summed E-state index contributed by atoms with van der Waals surface area (Å²) in [6.07, 6.45) is -4.57. The Morgan fingerprint density at radius 1 is 1.19 bits per heavy atom. The van der Waals surface area contributed by atoms with Gasteiger partial charge in [-0.3, -0.25) is 4.79 Å². The Bertz CT molecular complexity index is 1160. The maximum atomic E-state index is 12.9. The highest BCUT2D eigenvalue weighted by molar-refractivity contribution is 7.91. The Hall–Kier alpha value is -2.70. The van der Waals surface area contributed by atoms with Crippen LogP contribution in [0.2, 0.25) is 0 Å². The summed E-state index contributed by atoms with van der Waals surface area (Å²) in [5, 5.41) is 3.36. The summed E-state index contributed by atoms with van der Waals surface area (Å²) in [4.78, 5) is 14.0. The molecule has 3 aromatic rings. The molecule has 0 aliphatic rings. The van der Waals surface area contributed by atoms with Crippen LogP contribution in [0.25, 0.3) is 10.6 Å². The molecule has 12 heteroatoms. The summed E-state index contributed by atoms with van der Waals surface area (Å²) in [5.41, 5.74) is 0.628. The summed E-state index contributed by atoms with van der Waals surface area (Å²) in [6, 6.07) is 11.1. The highest BCUT2D eigenvalue weighted by atomic mass is 32.2. The van der Waals surface area contributed by atoms with Gasteiger partial charge in [-0.25, -0.2) is 8.42 Å². The van der Waals surface area contributed by atoms with Crippen molar-refractivity contribution in [3.05, 3.63) is 59.9 Å². The van der Waals surface area contributed by atoms with Crippen molar-refractivity contribution in [2.75, 3.05) is 14.1 Å². The second-order valence-electron chi connectivity index (χ2n) is 6.79. The third-order valence-electron chi connectivity index (χ3n) is 4.21. The minimum Gasteiger partial charge on any atom is -0.351 e. The van der Waals surface area contributed by atoms with Crippen molar-refractivity contribution in [2.24, 2.45) is 0 Å². The normalized spacial score (nSPS) is 13.2. The van der Waals surface area contributed by atoms with E-state index >= 15 is 0 Å². The van der Waals surface area contributed by atoms with Gasteiger partial charge in [0, 0.05) is 20.2 Å². The second-order valence-corrected chi connectivity index (χ2v) is 9.81. The first-order valence-corrected chi connectivity index (χ1v) is 11.2. The largest absolute Gasteiger partial charge is 0.452 e. The van der Waals surface area contributed by atoms with Crippen LogP contribution in [0.4, 0.5) is 13.2 Å². The van der Waals surface area contributed by atoms with Crippen molar-refractivity contribution in [3.8, 4) is 10.6 Å². The van der Waals surface area contributed by atoms with Crippen LogP contribution in [0, 0.1) is 0 Å². The fourth-order valence-corrected chi connectivity index (χ4v) is 5.18. The van der Waals surface area contributed by atoms with Gasteiger partial charge in [-0.2, -0.15) is 17.9 Å². The number of carbonyl (C=O) groups excluding carboxylic acids is 1. The molecule has 0 bridgehead atoms. The number of hydrogen-bond donors (Lipinski definition) is 1. The molecule has 0 spiro atoms. The number of sulfonamides is 1. The van der Waals surface area contributed by atoms with Crippen molar-refractivity contribution in [1.82, 2.24) is 14.8 Å². The number of likely N-dealkylation sites (N-methyl/N-ethyl adjacent to an activating group) is 1. The monoisotopic (exact) mass is 473 g/mol. The average molecular weight is 473 g/mol. The minimum atomic E-state index is -4.70. The van der Waals surface area contributed by atoms with E-state index in [0.717, 1.165) is 16.9 Å². The van der Waals surface area contributed by atoms with E-state index in [1.165, 1.54) is 31.1 Å². The Labute approximate surface area is 180 Å². The van der Waals surface area contributed by atoms with E-state index < -0.39 is 33.9 Å². The number of hydrogen-bond acceptors (Lipinski definition) is 6. The van der Waals surface area contributed by atoms with Gasteiger partial charge >= 0.3 is 6.18 Å². The van der Waals surface area contributed by atoms with E-state index in [1.54, 1.807) is 30.3 Å². The molecular weight excluding hydrogens is 455 g/mol. The molecule has 0 aliphatic carbocycles. The first-order valence-electron chi connectivity index (χ1n) is 8.89. The van der Waals surface area contributed by atoms with Crippen LogP contribution in [0.1, 0.15) is 11.3 Å². The molecule has 31 heavy (non-hydrogen) atoms. The van der Waals surface area contributed by atoms with Gasteiger partial charge in [0.25, 0.3) is 10.0 Å². The summed E-state index contributed by atoms with van der Waals surface area (Å²) in [6.45, 7) is 0. The Morgan fingerprint density at radius 3 is 2.45 bits per heavy atom. The number of nitrogens with zero attached hydrogens (tertiary/aromatic N) is 2. The zero-order chi connectivity index (χ0) is 22.8. The molecule has 1 unspecified atom stereocenters. The highest BCUT2D eigenvalue weighted by Gasteiger charge is 2.36. The SMILES string of the molecule is CN(C)C(=O)C(Cc1ccccc1)NS(=O)(=O)c1ccc(-c2cc(C(F)(F)F)on2)s1. The summed E-state index contributed by atoms with van der Waals surface area (Å²) >= 11 is 0.720. The quantitative estimate of drug-likeness (QED) is 0.568. The van der Waals surface area contributed by atoms with E-state index in [-0.39, 0.29) is 21.2 Å². The van der Waals surface area contributed by atoms with Gasteiger partial charge in [-0.1, -0.05) is 35.5 Å². The lowest BCUT2D eigenvalue weighted by Gasteiger charge is -2.21. The number of aromatic nitrogens is 1. The third kappa shape index (κ3) is 5.51. The number of nitrogens with one attached hydrogen (secondary N) is 1. The van der Waals surface area contributed by atoms with Gasteiger partial charge in [-0.05, 0) is 24.1 Å². The lowest BCUT2D eigenvalue weighted by molar-refractivity contribution is -0.155. The molecule has 2 heterocycles. The molecule has 0 radical (unpaired) electrons. The van der Waals surface area contributed by atoms with Crippen molar-refractivity contribution in [2.45, 2.75) is 22.8 Å². The first-order chi connectivity index (χ1) is 14.5. The van der Waals surface area contributed by atoms with Crippen molar-refractivity contribution in [3.63, 3.8) is 0 Å². The van der Waals surface area contributed by atoms with Gasteiger partial charge in [0.1, 0.15) is 15.9 Å². The lowest BCUT2D eigenvalue weighted by atomic mass is 10.1. The molecule has 2 aromatic heterocycles. The maximum Gasteiger partial charge on any atom is 0.452 e. The van der Waals surface area contributed by atoms with E-state index in [9.17, 15) is 26.4 Å². The van der Waals surface area contributed by atoms with E-state index in [0.29, 0.717) is 6.07 Å². The first kappa shape index (κ1) is 23.0. The van der Waals surface area contributed by atoms with Crippen LogP contribution in [-0.4, -0.2) is 44.5 Å². The fraction of sp³-hybridized carbons (Fsp3) is 0.263. The number of halogens is 3. The standard InChI is InChI=1S/C19H18F3N3O4S2/c1-25(2)18(26)14(10-12-6-4-3-5-7-12)24-31(27,28)17-9-8-15(30-17)13-11-16(29-23-13)19(20,21)22/h3-9,11,14,24H,10H2,1-2H3. The van der Waals surface area contributed by atoms with Crippen molar-refractivity contribution < 1.29 is 30.9 Å². The molecule has 7 nitrogen and oxygen atoms in total. The molecule has 166 valence electrons. The Kier molecular flexibility index (Phi) is 6.53. The molecule has 0 fully saturated rings. The number of alkyl halides is 3. The van der Waals surface area contributed by atoms with Crippen LogP contribution < -0.4 is 4.72 Å². The molecule has 1 atom stereocenters. The molecule has 3 rings (SSSR count). The van der Waals surface area contributed by atoms with Crippen LogP contribution in [0.5, 0.6) is 0 Å². The number of thiophene rings is 1. The molecule has 1 N–H and O–H groups in total. The smallest absolute Gasteiger partial charge is 0.351 e. The zero-order valence-corrected chi connectivity index (χ0v) is 18.0. The third-order valence-corrected chi connectivity index (χ3v) is 7.28. The van der Waals surface area contributed by atoms with E-state index in [2.05, 4.69) is 14.4 Å². The number of rotatable bonds is 7. The predicted molar refractivity (Wildman–Crippen MR) is 108 cm³/mol. The van der Waals surface area contributed by atoms with Gasteiger partial charge < -0.3 is 9.42 Å². The molecule has 0 saturated heterocycles. The summed E-state index contributed by atoms with van der Waals surface area (Å²) < 4.78 is 70.4. The Balaban J connectivity index is 1.84. The summed E-state index contributed by atoms with van der Waals surface area (Å²) in [7, 11) is -1.10. The Morgan fingerprint density at radius 2 is 1.87 bits per heavy atom. The van der Waals surface area contributed by atoms with Gasteiger partial charge in [0.05, 0.1) is 4.88 Å². The molecule has 0 saturated carbocycles. The van der Waals surface area contributed by atoms with E-state index in [1.807, 2.05) is 0 Å². The maximum absolute atomic E-state index is 12.9. The van der Waals surface area contributed by atoms with Crippen molar-refractivity contribution >= 4 is 27.3 Å². The minimum absolute atomic E-state index is 0.132. The second kappa shape index (κ2) is 8.81. The number of benzene rings is 1. The predicted octanol–water partition coefficient (Wildman–Crippen LogP) is 3.40. The average Bonchev–Trinajstić information content (AvgIpc) is 3.37. The fourth-order valence-electron chi connectivity index (χ4n) is 2.71. The lowest BCUT2D eigenvalue weighted by Crippen LogP contribution is -2.47. The van der Waals surface area contributed by atoms with Crippen LogP contribution >= 0.6 is 11.3 Å². The van der Waals surface area contributed by atoms with Gasteiger partial charge in [-0.15, -0.1) is 11.3 Å². The molecule has 1 amide bonds. The van der Waals surface area contributed by atoms with Crippen LogP contribution in [-0.2, 0) is 27.4 Å². The number of carbonyl (C=O) groups is 1. The van der Waals surface area contributed by atoms with Crippen LogP contribution in [0.3, 0.4) is 0 Å². The molecule has 1 aromatic carbocycles. The van der Waals surface area contributed by atoms with E-state index in [4.69, 9.17) is 0 Å². The van der Waals surface area contributed by atoms with Gasteiger partial charge in [0.2, 0.25) is 11.7 Å².